The van der Waals surface area contributed by atoms with E-state index >= 15 is 0 Å². The molecule has 164 valence electrons. The Kier molecular flexibility index (Phi) is 8.52. The lowest BCUT2D eigenvalue weighted by Crippen LogP contribution is -2.30. The smallest absolute Gasteiger partial charge is 0.341 e. The topological polar surface area (TPSA) is 77.1 Å². The molecule has 0 unspecified atom stereocenters. The van der Waals surface area contributed by atoms with Crippen molar-refractivity contribution < 1.29 is 23.8 Å². The highest BCUT2D eigenvalue weighted by Crippen LogP contribution is 2.38. The van der Waals surface area contributed by atoms with Crippen LogP contribution in [0.2, 0.25) is 0 Å². The summed E-state index contributed by atoms with van der Waals surface area (Å²) in [6.45, 7) is 6.77. The van der Waals surface area contributed by atoms with Crippen molar-refractivity contribution in [2.24, 2.45) is 0 Å². The van der Waals surface area contributed by atoms with Gasteiger partial charge in [0, 0.05) is 29.6 Å². The van der Waals surface area contributed by atoms with Crippen LogP contribution in [0, 0.1) is 0 Å². The van der Waals surface area contributed by atoms with Crippen molar-refractivity contribution >= 4 is 40.6 Å². The van der Waals surface area contributed by atoms with Crippen LogP contribution < -0.4 is 14.8 Å². The number of amides is 1. The van der Waals surface area contributed by atoms with E-state index < -0.39 is 5.97 Å². The van der Waals surface area contributed by atoms with Crippen LogP contribution in [-0.4, -0.2) is 50.7 Å². The van der Waals surface area contributed by atoms with E-state index in [1.807, 2.05) is 0 Å². The van der Waals surface area contributed by atoms with Crippen LogP contribution >= 0.6 is 23.7 Å². The number of benzene rings is 1. The average molecular weight is 455 g/mol. The molecule has 0 saturated carbocycles. The van der Waals surface area contributed by atoms with Gasteiger partial charge in [-0.05, 0) is 37.6 Å². The molecule has 1 aliphatic rings. The second-order valence-electron chi connectivity index (χ2n) is 6.60. The van der Waals surface area contributed by atoms with Crippen LogP contribution in [-0.2, 0) is 17.7 Å². The van der Waals surface area contributed by atoms with E-state index in [1.54, 1.807) is 25.1 Å². The average Bonchev–Trinajstić information content (AvgIpc) is 3.10. The largest absolute Gasteiger partial charge is 0.497 e. The van der Waals surface area contributed by atoms with E-state index in [4.69, 9.17) is 14.2 Å². The lowest BCUT2D eigenvalue weighted by atomic mass is 10.0. The molecular weight excluding hydrogens is 428 g/mol. The molecule has 0 radical (unpaired) electrons. The van der Waals surface area contributed by atoms with Gasteiger partial charge in [0.1, 0.15) is 16.5 Å². The molecule has 9 heteroatoms. The molecule has 0 atom stereocenters. The van der Waals surface area contributed by atoms with Crippen molar-refractivity contribution in [3.05, 3.63) is 39.8 Å². The van der Waals surface area contributed by atoms with Gasteiger partial charge >= 0.3 is 5.97 Å². The third kappa shape index (κ3) is 5.06. The second-order valence-corrected chi connectivity index (χ2v) is 7.71. The number of nitrogens with one attached hydrogen (secondary N) is 1. The zero-order chi connectivity index (χ0) is 21.0. The van der Waals surface area contributed by atoms with Gasteiger partial charge in [0.15, 0.2) is 0 Å². The predicted molar refractivity (Wildman–Crippen MR) is 120 cm³/mol. The Morgan fingerprint density at radius 3 is 2.37 bits per heavy atom. The number of halogens is 1. The van der Waals surface area contributed by atoms with Crippen LogP contribution in [0.25, 0.3) is 0 Å². The number of methoxy groups -OCH3 is 2. The lowest BCUT2D eigenvalue weighted by molar-refractivity contribution is 0.0526. The summed E-state index contributed by atoms with van der Waals surface area (Å²) in [4.78, 5) is 29.0. The van der Waals surface area contributed by atoms with E-state index in [9.17, 15) is 9.59 Å². The summed E-state index contributed by atoms with van der Waals surface area (Å²) in [6, 6.07) is 4.96. The molecule has 0 bridgehead atoms. The second kappa shape index (κ2) is 10.7. The Bertz CT molecular complexity index is 893. The highest BCUT2D eigenvalue weighted by atomic mass is 35.5. The van der Waals surface area contributed by atoms with Gasteiger partial charge in [-0.2, -0.15) is 0 Å². The molecule has 3 rings (SSSR count). The summed E-state index contributed by atoms with van der Waals surface area (Å²) in [5.41, 5.74) is 1.85. The third-order valence-electron chi connectivity index (χ3n) is 4.90. The van der Waals surface area contributed by atoms with Crippen molar-refractivity contribution in [1.82, 2.24) is 4.90 Å². The number of likely N-dealkylation sites (N-methyl/N-ethyl adjacent to an activating group) is 1. The fourth-order valence-corrected chi connectivity index (χ4v) is 4.62. The Labute approximate surface area is 186 Å². The van der Waals surface area contributed by atoms with E-state index in [-0.39, 0.29) is 24.9 Å². The van der Waals surface area contributed by atoms with Gasteiger partial charge in [-0.15, -0.1) is 23.7 Å². The molecular formula is C21H27ClN2O5S. The highest BCUT2D eigenvalue weighted by molar-refractivity contribution is 7.17. The first kappa shape index (κ1) is 24.0. The van der Waals surface area contributed by atoms with Gasteiger partial charge in [-0.3, -0.25) is 9.69 Å². The fourth-order valence-electron chi connectivity index (χ4n) is 3.35. The number of hydrogen-bond acceptors (Lipinski definition) is 7. The van der Waals surface area contributed by atoms with Crippen molar-refractivity contribution in [3.63, 3.8) is 0 Å². The van der Waals surface area contributed by atoms with Gasteiger partial charge in [-0.1, -0.05) is 6.92 Å². The molecule has 1 amide bonds. The number of esters is 1. The fraction of sp³-hybridized carbons (Fsp3) is 0.429. The summed E-state index contributed by atoms with van der Waals surface area (Å²) >= 11 is 1.44. The minimum atomic E-state index is -0.395. The number of rotatable bonds is 7. The van der Waals surface area contributed by atoms with Gasteiger partial charge in [-0.25, -0.2) is 4.79 Å². The molecule has 30 heavy (non-hydrogen) atoms. The van der Waals surface area contributed by atoms with Crippen LogP contribution in [0.5, 0.6) is 11.5 Å². The number of carbonyl (C=O) groups excluding carboxylic acids is 2. The number of nitrogens with zero attached hydrogens (tertiary/aromatic N) is 1. The number of thiophene rings is 1. The van der Waals surface area contributed by atoms with Crippen LogP contribution in [0.3, 0.4) is 0 Å². The van der Waals surface area contributed by atoms with Crippen molar-refractivity contribution in [3.8, 4) is 11.5 Å². The number of carbonyl (C=O) groups is 2. The van der Waals surface area contributed by atoms with Crippen molar-refractivity contribution in [2.45, 2.75) is 26.8 Å². The molecule has 2 aromatic rings. The molecule has 1 aromatic heterocycles. The maximum Gasteiger partial charge on any atom is 0.341 e. The molecule has 1 N–H and O–H groups in total. The van der Waals surface area contributed by atoms with Gasteiger partial charge in [0.05, 0.1) is 26.4 Å². The lowest BCUT2D eigenvalue weighted by Gasteiger charge is -2.25. The molecule has 7 nitrogen and oxygen atoms in total. The summed E-state index contributed by atoms with van der Waals surface area (Å²) in [5.74, 6) is 0.306. The van der Waals surface area contributed by atoms with Gasteiger partial charge in [0.25, 0.3) is 5.91 Å². The summed E-state index contributed by atoms with van der Waals surface area (Å²) in [7, 11) is 3.06. The van der Waals surface area contributed by atoms with Crippen molar-refractivity contribution in [2.75, 3.05) is 39.2 Å². The zero-order valence-electron chi connectivity index (χ0n) is 17.6. The van der Waals surface area contributed by atoms with E-state index in [1.165, 1.54) is 25.6 Å². The molecule has 0 spiro atoms. The summed E-state index contributed by atoms with van der Waals surface area (Å²) in [5, 5.41) is 3.43. The Balaban J connectivity index is 0.00000320. The quantitative estimate of drug-likeness (QED) is 0.637. The van der Waals surface area contributed by atoms with Crippen LogP contribution in [0.4, 0.5) is 5.00 Å². The van der Waals surface area contributed by atoms with E-state index in [0.717, 1.165) is 36.5 Å². The first-order valence-electron chi connectivity index (χ1n) is 9.59. The van der Waals surface area contributed by atoms with E-state index in [0.29, 0.717) is 27.6 Å². The number of anilines is 1. The monoisotopic (exact) mass is 454 g/mol. The molecule has 1 aromatic carbocycles. The Hall–Kier alpha value is -2.29. The highest BCUT2D eigenvalue weighted by Gasteiger charge is 2.29. The molecule has 2 heterocycles. The van der Waals surface area contributed by atoms with Crippen LogP contribution in [0.1, 0.15) is 45.0 Å². The predicted octanol–water partition coefficient (Wildman–Crippen LogP) is 3.99. The third-order valence-corrected chi connectivity index (χ3v) is 6.04. The zero-order valence-corrected chi connectivity index (χ0v) is 19.2. The number of hydrogen-bond donors (Lipinski definition) is 1. The normalized spacial score (nSPS) is 13.1. The first-order valence-corrected chi connectivity index (χ1v) is 10.4. The SMILES string of the molecule is CCOC(=O)c1c(NC(=O)c2cc(OC)cc(OC)c2)sc2c1CCN(CC)C2.Cl. The minimum absolute atomic E-state index is 0. The maximum atomic E-state index is 12.9. The van der Waals surface area contributed by atoms with Gasteiger partial charge < -0.3 is 19.5 Å². The number of ether oxygens (including phenoxy) is 3. The first-order chi connectivity index (χ1) is 14.0. The van der Waals surface area contributed by atoms with E-state index in [2.05, 4.69) is 17.1 Å². The Morgan fingerprint density at radius 2 is 1.80 bits per heavy atom. The summed E-state index contributed by atoms with van der Waals surface area (Å²) in [6.07, 6.45) is 0.761. The molecule has 0 fully saturated rings. The van der Waals surface area contributed by atoms with Gasteiger partial charge in [0.2, 0.25) is 0 Å². The molecule has 0 saturated heterocycles. The molecule has 1 aliphatic heterocycles. The number of fused-ring (bicyclic) bond motifs is 1. The summed E-state index contributed by atoms with van der Waals surface area (Å²) < 4.78 is 15.8. The minimum Gasteiger partial charge on any atom is -0.497 e. The Morgan fingerprint density at radius 1 is 1.13 bits per heavy atom. The maximum absolute atomic E-state index is 12.9. The molecule has 0 aliphatic carbocycles. The van der Waals surface area contributed by atoms with Crippen molar-refractivity contribution in [1.29, 1.82) is 0 Å². The standard InChI is InChI=1S/C21H26N2O5S.ClH/c1-5-23-8-7-16-17(12-23)29-20(18(16)21(25)28-6-2)22-19(24)13-9-14(26-3)11-15(10-13)27-4;/h9-11H,5-8,12H2,1-4H3,(H,22,24);1H. The van der Waals surface area contributed by atoms with Crippen LogP contribution in [0.15, 0.2) is 18.2 Å².